The lowest BCUT2D eigenvalue weighted by Crippen LogP contribution is -2.20. The van der Waals surface area contributed by atoms with Crippen LogP contribution in [0.5, 0.6) is 0 Å². The molecule has 1 N–H and O–H groups in total. The van der Waals surface area contributed by atoms with Crippen molar-refractivity contribution in [1.29, 1.82) is 0 Å². The van der Waals surface area contributed by atoms with Gasteiger partial charge in [0.1, 0.15) is 12.7 Å². The molecule has 0 spiro atoms. The molecule has 0 bridgehead atoms. The number of aliphatic hydroxyl groups excluding tert-OH is 1. The van der Waals surface area contributed by atoms with Gasteiger partial charge < -0.3 is 9.84 Å². The first kappa shape index (κ1) is 13.5. The fraction of sp³-hybridized carbons (Fsp3) is 0.625. The number of hydrogen-bond donors (Lipinski definition) is 1. The van der Waals surface area contributed by atoms with E-state index in [1.807, 2.05) is 0 Å². The molecule has 92 valence electrons. The molecule has 0 saturated carbocycles. The van der Waals surface area contributed by atoms with E-state index in [4.69, 9.17) is 0 Å². The van der Waals surface area contributed by atoms with Crippen LogP contribution in [0.4, 0.5) is 13.2 Å². The summed E-state index contributed by atoms with van der Waals surface area (Å²) in [7, 11) is 1.58. The van der Waals surface area contributed by atoms with Gasteiger partial charge in [0.2, 0.25) is 0 Å². The Balaban J connectivity index is 2.50. The molecule has 0 saturated heterocycles. The van der Waals surface area contributed by atoms with Crippen molar-refractivity contribution in [3.63, 3.8) is 0 Å². The maximum atomic E-state index is 11.8. The van der Waals surface area contributed by atoms with Gasteiger partial charge in [0.25, 0.3) is 0 Å². The lowest BCUT2D eigenvalue weighted by atomic mass is 10.3. The zero-order chi connectivity index (χ0) is 12.3. The van der Waals surface area contributed by atoms with Crippen LogP contribution in [0.1, 0.15) is 11.8 Å². The Bertz CT molecular complexity index is 334. The summed E-state index contributed by atoms with van der Waals surface area (Å²) >= 11 is 3.13. The van der Waals surface area contributed by atoms with Crippen LogP contribution in [0.15, 0.2) is 10.7 Å². The van der Waals surface area contributed by atoms with Crippen LogP contribution in [-0.4, -0.2) is 34.3 Å². The van der Waals surface area contributed by atoms with Crippen molar-refractivity contribution in [1.82, 2.24) is 9.78 Å². The van der Waals surface area contributed by atoms with E-state index in [0.29, 0.717) is 10.2 Å². The van der Waals surface area contributed by atoms with Gasteiger partial charge >= 0.3 is 6.18 Å². The molecule has 1 atom stereocenters. The minimum absolute atomic E-state index is 0.377. The number of aliphatic hydroxyl groups is 1. The highest BCUT2D eigenvalue weighted by Crippen LogP contribution is 2.23. The van der Waals surface area contributed by atoms with Crippen LogP contribution in [0.25, 0.3) is 0 Å². The summed E-state index contributed by atoms with van der Waals surface area (Å²) in [6, 6.07) is 0. The van der Waals surface area contributed by atoms with Crippen LogP contribution in [0.2, 0.25) is 0 Å². The van der Waals surface area contributed by atoms with E-state index in [9.17, 15) is 18.3 Å². The number of halogens is 4. The Labute approximate surface area is 98.1 Å². The average Bonchev–Trinajstić information content (AvgIpc) is 2.43. The largest absolute Gasteiger partial charge is 0.411 e. The number of nitrogens with zero attached hydrogens (tertiary/aromatic N) is 2. The summed E-state index contributed by atoms with van der Waals surface area (Å²) in [5, 5.41) is 13.4. The Morgan fingerprint density at radius 1 is 1.62 bits per heavy atom. The van der Waals surface area contributed by atoms with Crippen LogP contribution >= 0.6 is 15.9 Å². The SMILES string of the molecule is Cn1ncc(Br)c1C(O)COCC(F)(F)F. The molecule has 0 fully saturated rings. The number of hydrogen-bond acceptors (Lipinski definition) is 3. The molecule has 0 amide bonds. The Hall–Kier alpha value is -0.600. The number of alkyl halides is 3. The first-order valence-electron chi connectivity index (χ1n) is 4.31. The Kier molecular flexibility index (Phi) is 4.34. The normalized spacial score (nSPS) is 14.1. The van der Waals surface area contributed by atoms with E-state index in [1.165, 1.54) is 10.9 Å². The predicted octanol–water partition coefficient (Wildman–Crippen LogP) is 1.79. The molecule has 0 aliphatic rings. The van der Waals surface area contributed by atoms with Gasteiger partial charge in [-0.05, 0) is 15.9 Å². The van der Waals surface area contributed by atoms with E-state index in [2.05, 4.69) is 25.8 Å². The fourth-order valence-corrected chi connectivity index (χ4v) is 1.77. The van der Waals surface area contributed by atoms with Gasteiger partial charge in [-0.1, -0.05) is 0 Å². The highest BCUT2D eigenvalue weighted by molar-refractivity contribution is 9.10. The average molecular weight is 303 g/mol. The lowest BCUT2D eigenvalue weighted by molar-refractivity contribution is -0.179. The fourth-order valence-electron chi connectivity index (χ4n) is 1.16. The molecule has 0 radical (unpaired) electrons. The lowest BCUT2D eigenvalue weighted by Gasteiger charge is -2.13. The zero-order valence-electron chi connectivity index (χ0n) is 8.33. The van der Waals surface area contributed by atoms with Crippen LogP contribution in [0.3, 0.4) is 0 Å². The van der Waals surface area contributed by atoms with Crippen molar-refractivity contribution < 1.29 is 23.0 Å². The maximum Gasteiger partial charge on any atom is 0.411 e. The van der Waals surface area contributed by atoms with E-state index >= 15 is 0 Å². The molecular weight excluding hydrogens is 293 g/mol. The minimum Gasteiger partial charge on any atom is -0.384 e. The van der Waals surface area contributed by atoms with Crippen LogP contribution in [-0.2, 0) is 11.8 Å². The minimum atomic E-state index is -4.39. The maximum absolute atomic E-state index is 11.8. The molecule has 16 heavy (non-hydrogen) atoms. The van der Waals surface area contributed by atoms with Crippen molar-refractivity contribution in [2.75, 3.05) is 13.2 Å². The third kappa shape index (κ3) is 3.76. The molecule has 4 nitrogen and oxygen atoms in total. The van der Waals surface area contributed by atoms with Gasteiger partial charge in [-0.3, -0.25) is 4.68 Å². The second-order valence-corrected chi connectivity index (χ2v) is 4.00. The van der Waals surface area contributed by atoms with Crippen molar-refractivity contribution >= 4 is 15.9 Å². The summed E-state index contributed by atoms with van der Waals surface area (Å²) in [5.41, 5.74) is 0.377. The molecule has 1 rings (SSSR count). The van der Waals surface area contributed by atoms with E-state index in [0.717, 1.165) is 0 Å². The highest BCUT2D eigenvalue weighted by Gasteiger charge is 2.28. The number of aromatic nitrogens is 2. The topological polar surface area (TPSA) is 47.3 Å². The summed E-state index contributed by atoms with van der Waals surface area (Å²) in [4.78, 5) is 0. The monoisotopic (exact) mass is 302 g/mol. The summed E-state index contributed by atoms with van der Waals surface area (Å²) in [6.45, 7) is -1.81. The third-order valence-electron chi connectivity index (χ3n) is 1.79. The van der Waals surface area contributed by atoms with E-state index in [-0.39, 0.29) is 0 Å². The standard InChI is InChI=1S/C8H10BrF3N2O2/c1-14-7(5(9)2-13-14)6(15)3-16-4-8(10,11)12/h2,6,15H,3-4H2,1H3. The van der Waals surface area contributed by atoms with Crippen molar-refractivity contribution in [2.24, 2.45) is 7.05 Å². The molecule has 1 heterocycles. The third-order valence-corrected chi connectivity index (χ3v) is 2.41. The quantitative estimate of drug-likeness (QED) is 0.922. The number of rotatable bonds is 4. The smallest absolute Gasteiger partial charge is 0.384 e. The second-order valence-electron chi connectivity index (χ2n) is 3.15. The molecule has 8 heteroatoms. The molecule has 1 unspecified atom stereocenters. The number of ether oxygens (including phenoxy) is 1. The van der Waals surface area contributed by atoms with Gasteiger partial charge in [0, 0.05) is 7.05 Å². The first-order valence-corrected chi connectivity index (χ1v) is 5.10. The molecule has 1 aromatic heterocycles. The summed E-state index contributed by atoms with van der Waals surface area (Å²) in [5.74, 6) is 0. The van der Waals surface area contributed by atoms with Crippen molar-refractivity contribution in [3.05, 3.63) is 16.4 Å². The highest BCUT2D eigenvalue weighted by atomic mass is 79.9. The summed E-state index contributed by atoms with van der Waals surface area (Å²) in [6.07, 6.45) is -4.09. The van der Waals surface area contributed by atoms with Crippen LogP contribution < -0.4 is 0 Å². The molecule has 0 aromatic carbocycles. The molecule has 1 aromatic rings. The van der Waals surface area contributed by atoms with Crippen molar-refractivity contribution in [3.8, 4) is 0 Å². The first-order chi connectivity index (χ1) is 7.31. The zero-order valence-corrected chi connectivity index (χ0v) is 9.92. The van der Waals surface area contributed by atoms with Gasteiger partial charge in [0.05, 0.1) is 23.0 Å². The van der Waals surface area contributed by atoms with Gasteiger partial charge in [-0.2, -0.15) is 18.3 Å². The van der Waals surface area contributed by atoms with Gasteiger partial charge in [0.15, 0.2) is 0 Å². The van der Waals surface area contributed by atoms with Gasteiger partial charge in [-0.25, -0.2) is 0 Å². The molecular formula is C8H10BrF3N2O2. The summed E-state index contributed by atoms with van der Waals surface area (Å²) < 4.78 is 41.6. The van der Waals surface area contributed by atoms with Gasteiger partial charge in [-0.15, -0.1) is 0 Å². The van der Waals surface area contributed by atoms with E-state index < -0.39 is 25.5 Å². The Morgan fingerprint density at radius 3 is 2.69 bits per heavy atom. The van der Waals surface area contributed by atoms with Crippen LogP contribution in [0, 0.1) is 0 Å². The predicted molar refractivity (Wildman–Crippen MR) is 52.7 cm³/mol. The van der Waals surface area contributed by atoms with E-state index in [1.54, 1.807) is 7.05 Å². The molecule has 0 aliphatic heterocycles. The second kappa shape index (κ2) is 5.15. The Morgan fingerprint density at radius 2 is 2.25 bits per heavy atom. The molecule has 0 aliphatic carbocycles. The number of aryl methyl sites for hydroxylation is 1. The van der Waals surface area contributed by atoms with Crippen molar-refractivity contribution in [2.45, 2.75) is 12.3 Å².